The molecule has 0 unspecified atom stereocenters. The molecule has 1 fully saturated rings. The standard InChI is InChI=1S/C16H19Cl2F2NO2/c1-4-15(10(3)16(15,17)18)14(22)21-9(2)8-23-12-7-5-6-11(19)13(12)20/h5-7,9-10H,4,8H2,1-3H3,(H,21,22)/t9-,10+,15+/m1/s1. The predicted molar refractivity (Wildman–Crippen MR) is 85.8 cm³/mol. The Morgan fingerprint density at radius 1 is 1.43 bits per heavy atom. The first-order valence-corrected chi connectivity index (χ1v) is 8.19. The number of carbonyl (C=O) groups is 1. The lowest BCUT2D eigenvalue weighted by atomic mass is 9.99. The van der Waals surface area contributed by atoms with Crippen molar-refractivity contribution in [2.45, 2.75) is 37.6 Å². The number of alkyl halides is 2. The molecule has 0 bridgehead atoms. The number of rotatable bonds is 6. The molecule has 7 heteroatoms. The van der Waals surface area contributed by atoms with Crippen LogP contribution in [0.4, 0.5) is 8.78 Å². The highest BCUT2D eigenvalue weighted by molar-refractivity contribution is 6.53. The van der Waals surface area contributed by atoms with Crippen molar-refractivity contribution in [1.82, 2.24) is 5.32 Å². The third-order valence-electron chi connectivity index (χ3n) is 4.54. The van der Waals surface area contributed by atoms with Gasteiger partial charge in [0.15, 0.2) is 11.6 Å². The number of nitrogens with one attached hydrogen (secondary N) is 1. The Morgan fingerprint density at radius 3 is 2.57 bits per heavy atom. The Bertz CT molecular complexity index is 612. The molecule has 23 heavy (non-hydrogen) atoms. The molecule has 1 saturated carbocycles. The maximum absolute atomic E-state index is 13.5. The van der Waals surface area contributed by atoms with Crippen LogP contribution in [0.1, 0.15) is 27.2 Å². The second kappa shape index (κ2) is 6.44. The third-order valence-corrected chi connectivity index (χ3v) is 5.87. The number of halogens is 4. The molecular formula is C16H19Cl2F2NO2. The molecule has 2 rings (SSSR count). The van der Waals surface area contributed by atoms with Gasteiger partial charge in [0, 0.05) is 5.92 Å². The summed E-state index contributed by atoms with van der Waals surface area (Å²) in [5.41, 5.74) is -0.825. The Labute approximate surface area is 144 Å². The van der Waals surface area contributed by atoms with Gasteiger partial charge in [0.25, 0.3) is 0 Å². The van der Waals surface area contributed by atoms with Gasteiger partial charge >= 0.3 is 0 Å². The second-order valence-corrected chi connectivity index (χ2v) is 7.29. The quantitative estimate of drug-likeness (QED) is 0.771. The summed E-state index contributed by atoms with van der Waals surface area (Å²) in [6.45, 7) is 5.38. The first-order valence-electron chi connectivity index (χ1n) is 7.44. The van der Waals surface area contributed by atoms with E-state index >= 15 is 0 Å². The molecule has 1 aromatic rings. The van der Waals surface area contributed by atoms with Crippen molar-refractivity contribution in [3.63, 3.8) is 0 Å². The van der Waals surface area contributed by atoms with Gasteiger partial charge in [0.2, 0.25) is 11.7 Å². The molecule has 3 atom stereocenters. The molecule has 0 aliphatic heterocycles. The van der Waals surface area contributed by atoms with Gasteiger partial charge in [0.1, 0.15) is 10.9 Å². The van der Waals surface area contributed by atoms with Crippen LogP contribution in [0, 0.1) is 23.0 Å². The highest BCUT2D eigenvalue weighted by Gasteiger charge is 2.76. The summed E-state index contributed by atoms with van der Waals surface area (Å²) >= 11 is 12.4. The number of hydrogen-bond acceptors (Lipinski definition) is 2. The van der Waals surface area contributed by atoms with Crippen LogP contribution in [0.5, 0.6) is 5.75 Å². The lowest BCUT2D eigenvalue weighted by Crippen LogP contribution is -2.43. The minimum absolute atomic E-state index is 0.00212. The van der Waals surface area contributed by atoms with Crippen molar-refractivity contribution < 1.29 is 18.3 Å². The molecular weight excluding hydrogens is 347 g/mol. The van der Waals surface area contributed by atoms with Gasteiger partial charge in [-0.25, -0.2) is 4.39 Å². The van der Waals surface area contributed by atoms with E-state index < -0.39 is 27.4 Å². The molecule has 0 saturated heterocycles. The van der Waals surface area contributed by atoms with E-state index in [0.717, 1.165) is 6.07 Å². The van der Waals surface area contributed by atoms with Crippen LogP contribution in [0.15, 0.2) is 18.2 Å². The van der Waals surface area contributed by atoms with Crippen LogP contribution in [0.3, 0.4) is 0 Å². The Balaban J connectivity index is 1.94. The Kier molecular flexibility index (Phi) is 5.12. The lowest BCUT2D eigenvalue weighted by Gasteiger charge is -2.21. The lowest BCUT2D eigenvalue weighted by molar-refractivity contribution is -0.127. The zero-order valence-corrected chi connectivity index (χ0v) is 14.6. The molecule has 128 valence electrons. The summed E-state index contributed by atoms with van der Waals surface area (Å²) in [6.07, 6.45) is 0.513. The number of hydrogen-bond donors (Lipinski definition) is 1. The van der Waals surface area contributed by atoms with Gasteiger partial charge in [-0.1, -0.05) is 19.9 Å². The minimum atomic E-state index is -1.08. The number of amides is 1. The molecule has 1 aliphatic carbocycles. The molecule has 1 aliphatic rings. The molecule has 1 amide bonds. The molecule has 3 nitrogen and oxygen atoms in total. The minimum Gasteiger partial charge on any atom is -0.488 e. The monoisotopic (exact) mass is 365 g/mol. The largest absolute Gasteiger partial charge is 0.488 e. The van der Waals surface area contributed by atoms with Crippen molar-refractivity contribution in [3.8, 4) is 5.75 Å². The van der Waals surface area contributed by atoms with Crippen LogP contribution in [0.2, 0.25) is 0 Å². The number of benzene rings is 1. The van der Waals surface area contributed by atoms with Crippen molar-refractivity contribution in [1.29, 1.82) is 0 Å². The fraction of sp³-hybridized carbons (Fsp3) is 0.562. The molecule has 1 N–H and O–H groups in total. The van der Waals surface area contributed by atoms with E-state index in [0.29, 0.717) is 6.42 Å². The van der Waals surface area contributed by atoms with Gasteiger partial charge in [-0.15, -0.1) is 23.2 Å². The first kappa shape index (κ1) is 18.3. The maximum Gasteiger partial charge on any atom is 0.229 e. The fourth-order valence-electron chi connectivity index (χ4n) is 2.90. The number of carbonyl (C=O) groups excluding carboxylic acids is 1. The second-order valence-electron chi connectivity index (χ2n) is 5.91. The summed E-state index contributed by atoms with van der Waals surface area (Å²) in [5, 5.41) is 2.77. The number of ether oxygens (including phenoxy) is 1. The van der Waals surface area contributed by atoms with Crippen LogP contribution >= 0.6 is 23.2 Å². The Hall–Kier alpha value is -1.07. The van der Waals surface area contributed by atoms with Crippen LogP contribution in [-0.2, 0) is 4.79 Å². The zero-order valence-electron chi connectivity index (χ0n) is 13.1. The topological polar surface area (TPSA) is 38.3 Å². The SMILES string of the molecule is CC[C@@]1(C(=O)N[C@H](C)COc2cccc(F)c2F)[C@H](C)C1(Cl)Cl. The van der Waals surface area contributed by atoms with Crippen molar-refractivity contribution in [3.05, 3.63) is 29.8 Å². The van der Waals surface area contributed by atoms with Crippen LogP contribution in [0.25, 0.3) is 0 Å². The highest BCUT2D eigenvalue weighted by atomic mass is 35.5. The predicted octanol–water partition coefficient (Wildman–Crippen LogP) is 4.07. The van der Waals surface area contributed by atoms with Gasteiger partial charge in [0.05, 0.1) is 11.5 Å². The average Bonchev–Trinajstić information content (AvgIpc) is 2.94. The maximum atomic E-state index is 13.5. The van der Waals surface area contributed by atoms with Crippen LogP contribution < -0.4 is 10.1 Å². The summed E-state index contributed by atoms with van der Waals surface area (Å²) in [4.78, 5) is 12.5. The zero-order chi connectivity index (χ0) is 17.4. The third kappa shape index (κ3) is 3.01. The van der Waals surface area contributed by atoms with E-state index in [1.165, 1.54) is 12.1 Å². The van der Waals surface area contributed by atoms with Gasteiger partial charge in [-0.05, 0) is 25.5 Å². The fourth-order valence-corrected chi connectivity index (χ4v) is 3.92. The summed E-state index contributed by atoms with van der Waals surface area (Å²) in [7, 11) is 0. The Morgan fingerprint density at radius 2 is 2.04 bits per heavy atom. The van der Waals surface area contributed by atoms with Crippen molar-refractivity contribution >= 4 is 29.1 Å². The van der Waals surface area contributed by atoms with E-state index in [1.807, 2.05) is 13.8 Å². The van der Waals surface area contributed by atoms with Gasteiger partial charge in [-0.2, -0.15) is 4.39 Å². The summed E-state index contributed by atoms with van der Waals surface area (Å²) < 4.78 is 30.7. The smallest absolute Gasteiger partial charge is 0.229 e. The molecule has 0 radical (unpaired) electrons. The van der Waals surface area contributed by atoms with Gasteiger partial charge < -0.3 is 10.1 Å². The molecule has 1 aromatic carbocycles. The highest BCUT2D eigenvalue weighted by Crippen LogP contribution is 2.70. The molecule has 0 aromatic heterocycles. The normalized spacial score (nSPS) is 26.5. The van der Waals surface area contributed by atoms with E-state index in [4.69, 9.17) is 27.9 Å². The van der Waals surface area contributed by atoms with E-state index in [2.05, 4.69) is 5.32 Å². The van der Waals surface area contributed by atoms with E-state index in [-0.39, 0.29) is 24.2 Å². The molecule has 0 heterocycles. The van der Waals surface area contributed by atoms with Gasteiger partial charge in [-0.3, -0.25) is 4.79 Å². The molecule has 0 spiro atoms. The van der Waals surface area contributed by atoms with Crippen LogP contribution in [-0.4, -0.2) is 22.9 Å². The van der Waals surface area contributed by atoms with Crippen molar-refractivity contribution in [2.75, 3.05) is 6.61 Å². The van der Waals surface area contributed by atoms with E-state index in [1.54, 1.807) is 6.92 Å². The first-order chi connectivity index (χ1) is 10.7. The average molecular weight is 366 g/mol. The van der Waals surface area contributed by atoms with E-state index in [9.17, 15) is 13.6 Å². The van der Waals surface area contributed by atoms with Crippen molar-refractivity contribution in [2.24, 2.45) is 11.3 Å². The summed E-state index contributed by atoms with van der Waals surface area (Å²) in [6, 6.07) is 3.27. The summed E-state index contributed by atoms with van der Waals surface area (Å²) in [5.74, 6) is -2.64.